The number of aryl methyl sites for hydroxylation is 1. The summed E-state index contributed by atoms with van der Waals surface area (Å²) >= 11 is 0. The Labute approximate surface area is 122 Å². The molecule has 108 valence electrons. The minimum Gasteiger partial charge on any atom is -0.452 e. The number of hydrogen-bond donors (Lipinski definition) is 2. The van der Waals surface area contributed by atoms with Crippen molar-refractivity contribution >= 4 is 23.3 Å². The van der Waals surface area contributed by atoms with Crippen LogP contribution in [0, 0.1) is 6.92 Å². The van der Waals surface area contributed by atoms with Crippen molar-refractivity contribution in [3.05, 3.63) is 59.7 Å². The van der Waals surface area contributed by atoms with Gasteiger partial charge in [0.25, 0.3) is 5.91 Å². The molecule has 5 heteroatoms. The lowest BCUT2D eigenvalue weighted by Gasteiger charge is -2.07. The highest BCUT2D eigenvalue weighted by atomic mass is 16.5. The number of carbonyl (C=O) groups excluding carboxylic acids is 2. The number of nitrogen functional groups attached to an aromatic ring is 1. The smallest absolute Gasteiger partial charge is 0.338 e. The normalized spacial score (nSPS) is 9.95. The largest absolute Gasteiger partial charge is 0.452 e. The summed E-state index contributed by atoms with van der Waals surface area (Å²) in [5, 5.41) is 2.65. The molecular weight excluding hydrogens is 268 g/mol. The molecule has 0 fully saturated rings. The van der Waals surface area contributed by atoms with E-state index in [-0.39, 0.29) is 12.5 Å². The number of nitrogens with two attached hydrogens (primary N) is 1. The standard InChI is InChI=1S/C16H16N2O3/c1-11-2-8-14(9-3-11)18-15(19)10-21-16(20)12-4-6-13(17)7-5-12/h2-9H,10,17H2,1H3,(H,18,19). The van der Waals surface area contributed by atoms with Gasteiger partial charge in [-0.15, -0.1) is 0 Å². The van der Waals surface area contributed by atoms with Crippen molar-refractivity contribution in [2.45, 2.75) is 6.92 Å². The van der Waals surface area contributed by atoms with Crippen LogP contribution in [0.1, 0.15) is 15.9 Å². The van der Waals surface area contributed by atoms with Crippen LogP contribution in [0.5, 0.6) is 0 Å². The Hall–Kier alpha value is -2.82. The van der Waals surface area contributed by atoms with Gasteiger partial charge in [-0.1, -0.05) is 17.7 Å². The molecule has 5 nitrogen and oxygen atoms in total. The second-order valence-corrected chi connectivity index (χ2v) is 4.61. The van der Waals surface area contributed by atoms with E-state index in [1.165, 1.54) is 0 Å². The van der Waals surface area contributed by atoms with Crippen molar-refractivity contribution in [2.24, 2.45) is 0 Å². The highest BCUT2D eigenvalue weighted by molar-refractivity contribution is 5.95. The van der Waals surface area contributed by atoms with Crippen LogP contribution in [0.2, 0.25) is 0 Å². The molecule has 0 radical (unpaired) electrons. The molecule has 0 atom stereocenters. The molecular formula is C16H16N2O3. The summed E-state index contributed by atoms with van der Waals surface area (Å²) in [5.41, 5.74) is 8.20. The van der Waals surface area contributed by atoms with E-state index in [0.717, 1.165) is 5.56 Å². The Bertz CT molecular complexity index is 634. The van der Waals surface area contributed by atoms with Gasteiger partial charge in [-0.05, 0) is 43.3 Å². The molecule has 0 saturated heterocycles. The van der Waals surface area contributed by atoms with Crippen molar-refractivity contribution in [3.63, 3.8) is 0 Å². The molecule has 0 unspecified atom stereocenters. The van der Waals surface area contributed by atoms with Crippen LogP contribution in [0.4, 0.5) is 11.4 Å². The Kier molecular flexibility index (Phi) is 4.56. The first-order valence-electron chi connectivity index (χ1n) is 6.44. The van der Waals surface area contributed by atoms with E-state index in [2.05, 4.69) is 5.32 Å². The lowest BCUT2D eigenvalue weighted by atomic mass is 10.2. The number of carbonyl (C=O) groups is 2. The summed E-state index contributed by atoms with van der Waals surface area (Å²) < 4.78 is 4.93. The second kappa shape index (κ2) is 6.56. The minimum atomic E-state index is -0.561. The van der Waals surface area contributed by atoms with E-state index in [0.29, 0.717) is 16.9 Å². The second-order valence-electron chi connectivity index (χ2n) is 4.61. The van der Waals surface area contributed by atoms with Crippen molar-refractivity contribution in [2.75, 3.05) is 17.7 Å². The zero-order valence-corrected chi connectivity index (χ0v) is 11.6. The van der Waals surface area contributed by atoms with Gasteiger partial charge in [-0.3, -0.25) is 4.79 Å². The molecule has 0 saturated carbocycles. The highest BCUT2D eigenvalue weighted by Crippen LogP contribution is 2.09. The van der Waals surface area contributed by atoms with Gasteiger partial charge in [0.05, 0.1) is 5.56 Å². The number of benzene rings is 2. The van der Waals surface area contributed by atoms with E-state index in [4.69, 9.17) is 10.5 Å². The molecule has 0 bridgehead atoms. The van der Waals surface area contributed by atoms with E-state index in [9.17, 15) is 9.59 Å². The molecule has 0 aliphatic heterocycles. The Morgan fingerprint density at radius 2 is 1.67 bits per heavy atom. The average molecular weight is 284 g/mol. The SMILES string of the molecule is Cc1ccc(NC(=O)COC(=O)c2ccc(N)cc2)cc1. The van der Waals surface area contributed by atoms with E-state index in [1.54, 1.807) is 36.4 Å². The maximum atomic E-state index is 11.7. The summed E-state index contributed by atoms with van der Waals surface area (Å²) in [7, 11) is 0. The summed E-state index contributed by atoms with van der Waals surface area (Å²) in [6.45, 7) is 1.62. The maximum absolute atomic E-state index is 11.7. The summed E-state index contributed by atoms with van der Waals surface area (Å²) in [4.78, 5) is 23.4. The van der Waals surface area contributed by atoms with Crippen LogP contribution in [-0.4, -0.2) is 18.5 Å². The molecule has 0 aromatic heterocycles. The molecule has 0 heterocycles. The first-order valence-corrected chi connectivity index (χ1v) is 6.44. The molecule has 2 aromatic carbocycles. The third-order valence-electron chi connectivity index (χ3n) is 2.82. The van der Waals surface area contributed by atoms with E-state index >= 15 is 0 Å². The molecule has 2 aromatic rings. The van der Waals surface area contributed by atoms with Crippen molar-refractivity contribution < 1.29 is 14.3 Å². The zero-order valence-electron chi connectivity index (χ0n) is 11.6. The predicted molar refractivity (Wildman–Crippen MR) is 80.9 cm³/mol. The minimum absolute atomic E-state index is 0.336. The van der Waals surface area contributed by atoms with Crippen LogP contribution < -0.4 is 11.1 Å². The molecule has 0 aliphatic rings. The Balaban J connectivity index is 1.84. The van der Waals surface area contributed by atoms with Gasteiger partial charge in [0.2, 0.25) is 0 Å². The van der Waals surface area contributed by atoms with Crippen molar-refractivity contribution in [1.82, 2.24) is 0 Å². The van der Waals surface area contributed by atoms with Gasteiger partial charge in [0, 0.05) is 11.4 Å². The van der Waals surface area contributed by atoms with Crippen molar-refractivity contribution in [3.8, 4) is 0 Å². The van der Waals surface area contributed by atoms with Gasteiger partial charge < -0.3 is 15.8 Å². The lowest BCUT2D eigenvalue weighted by molar-refractivity contribution is -0.119. The zero-order chi connectivity index (χ0) is 15.2. The number of hydrogen-bond acceptors (Lipinski definition) is 4. The molecule has 2 rings (SSSR count). The average Bonchev–Trinajstić information content (AvgIpc) is 2.48. The van der Waals surface area contributed by atoms with Crippen LogP contribution in [0.25, 0.3) is 0 Å². The summed E-state index contributed by atoms with van der Waals surface area (Å²) in [6.07, 6.45) is 0. The van der Waals surface area contributed by atoms with Gasteiger partial charge in [0.15, 0.2) is 6.61 Å². The van der Waals surface area contributed by atoms with Crippen molar-refractivity contribution in [1.29, 1.82) is 0 Å². The topological polar surface area (TPSA) is 81.4 Å². The third kappa shape index (κ3) is 4.35. The summed E-state index contributed by atoms with van der Waals surface area (Å²) in [6, 6.07) is 13.6. The molecule has 3 N–H and O–H groups in total. The number of esters is 1. The fourth-order valence-electron chi connectivity index (χ4n) is 1.67. The van der Waals surface area contributed by atoms with E-state index in [1.807, 2.05) is 19.1 Å². The quantitative estimate of drug-likeness (QED) is 0.667. The first kappa shape index (κ1) is 14.6. The number of anilines is 2. The Morgan fingerprint density at radius 1 is 1.05 bits per heavy atom. The van der Waals surface area contributed by atoms with Gasteiger partial charge in [0.1, 0.15) is 0 Å². The van der Waals surface area contributed by atoms with Crippen LogP contribution in [-0.2, 0) is 9.53 Å². The van der Waals surface area contributed by atoms with Gasteiger partial charge in [-0.25, -0.2) is 4.79 Å². The fraction of sp³-hybridized carbons (Fsp3) is 0.125. The number of nitrogens with one attached hydrogen (secondary N) is 1. The molecule has 21 heavy (non-hydrogen) atoms. The number of ether oxygens (including phenoxy) is 1. The van der Waals surface area contributed by atoms with Crippen LogP contribution in [0.3, 0.4) is 0 Å². The first-order chi connectivity index (χ1) is 10.0. The fourth-order valence-corrected chi connectivity index (χ4v) is 1.67. The lowest BCUT2D eigenvalue weighted by Crippen LogP contribution is -2.20. The monoisotopic (exact) mass is 284 g/mol. The number of rotatable bonds is 4. The van der Waals surface area contributed by atoms with Crippen LogP contribution >= 0.6 is 0 Å². The molecule has 0 spiro atoms. The summed E-state index contributed by atoms with van der Waals surface area (Å²) in [5.74, 6) is -0.947. The highest BCUT2D eigenvalue weighted by Gasteiger charge is 2.10. The number of amides is 1. The van der Waals surface area contributed by atoms with Gasteiger partial charge in [-0.2, -0.15) is 0 Å². The van der Waals surface area contributed by atoms with Gasteiger partial charge >= 0.3 is 5.97 Å². The predicted octanol–water partition coefficient (Wildman–Crippen LogP) is 2.37. The maximum Gasteiger partial charge on any atom is 0.338 e. The Morgan fingerprint density at radius 3 is 2.29 bits per heavy atom. The molecule has 0 aliphatic carbocycles. The van der Waals surface area contributed by atoms with E-state index < -0.39 is 5.97 Å². The molecule has 1 amide bonds. The van der Waals surface area contributed by atoms with Crippen LogP contribution in [0.15, 0.2) is 48.5 Å². The third-order valence-corrected chi connectivity index (χ3v) is 2.82.